The number of hydrogen-bond acceptors (Lipinski definition) is 3. The van der Waals surface area contributed by atoms with Crippen molar-refractivity contribution in [3.63, 3.8) is 0 Å². The summed E-state index contributed by atoms with van der Waals surface area (Å²) in [6.07, 6.45) is 2.60. The summed E-state index contributed by atoms with van der Waals surface area (Å²) < 4.78 is 5.21. The van der Waals surface area contributed by atoms with E-state index in [0.29, 0.717) is 17.7 Å². The fraction of sp³-hybridized carbons (Fsp3) is 0.500. The van der Waals surface area contributed by atoms with Gasteiger partial charge in [0.15, 0.2) is 5.96 Å². The summed E-state index contributed by atoms with van der Waals surface area (Å²) in [5.74, 6) is 0.432. The molecule has 5 nitrogen and oxygen atoms in total. The molecule has 0 aliphatic carbocycles. The number of ether oxygens (including phenoxy) is 1. The Morgan fingerprint density at radius 1 is 1.56 bits per heavy atom. The van der Waals surface area contributed by atoms with E-state index in [1.165, 1.54) is 0 Å². The third kappa shape index (κ3) is 6.42. The van der Waals surface area contributed by atoms with E-state index in [9.17, 15) is 0 Å². The number of nitrogens with one attached hydrogen (secondary N) is 1. The Hall–Kier alpha value is -1.33. The van der Waals surface area contributed by atoms with Crippen molar-refractivity contribution in [1.29, 1.82) is 0 Å². The molecule has 18 heavy (non-hydrogen) atoms. The van der Waals surface area contributed by atoms with E-state index in [1.807, 2.05) is 13.0 Å². The second kappa shape index (κ2) is 8.72. The Labute approximate surface area is 112 Å². The third-order valence-corrected chi connectivity index (χ3v) is 2.42. The van der Waals surface area contributed by atoms with Gasteiger partial charge in [-0.1, -0.05) is 17.7 Å². The second-order valence-corrected chi connectivity index (χ2v) is 4.06. The molecule has 0 amide bonds. The summed E-state index contributed by atoms with van der Waals surface area (Å²) in [5, 5.41) is 3.50. The first kappa shape index (κ1) is 14.7. The molecule has 0 bridgehead atoms. The van der Waals surface area contributed by atoms with Gasteiger partial charge in [0.2, 0.25) is 0 Å². The van der Waals surface area contributed by atoms with Crippen molar-refractivity contribution >= 4 is 17.6 Å². The predicted octanol–water partition coefficient (Wildman–Crippen LogP) is 1.57. The van der Waals surface area contributed by atoms with E-state index in [0.717, 1.165) is 31.7 Å². The number of guanidine groups is 1. The average Bonchev–Trinajstić information content (AvgIpc) is 2.38. The van der Waals surface area contributed by atoms with Gasteiger partial charge >= 0.3 is 0 Å². The maximum absolute atomic E-state index is 5.72. The van der Waals surface area contributed by atoms with Crippen LogP contribution in [0, 0.1) is 0 Å². The lowest BCUT2D eigenvalue weighted by Gasteiger charge is -2.05. The topological polar surface area (TPSA) is 72.5 Å². The Morgan fingerprint density at radius 3 is 3.06 bits per heavy atom. The predicted molar refractivity (Wildman–Crippen MR) is 73.7 cm³/mol. The van der Waals surface area contributed by atoms with Crippen molar-refractivity contribution < 1.29 is 4.74 Å². The zero-order valence-corrected chi connectivity index (χ0v) is 11.3. The third-order valence-electron chi connectivity index (χ3n) is 2.20. The Kier molecular flexibility index (Phi) is 7.13. The molecule has 6 heteroatoms. The minimum absolute atomic E-state index is 0.432. The van der Waals surface area contributed by atoms with Crippen molar-refractivity contribution in [3.8, 4) is 0 Å². The van der Waals surface area contributed by atoms with Crippen LogP contribution < -0.4 is 11.1 Å². The highest BCUT2D eigenvalue weighted by Gasteiger charge is 1.95. The number of pyridine rings is 1. The van der Waals surface area contributed by atoms with Crippen LogP contribution in [0.3, 0.4) is 0 Å². The quantitative estimate of drug-likeness (QED) is 0.341. The number of halogens is 1. The van der Waals surface area contributed by atoms with E-state index in [4.69, 9.17) is 22.1 Å². The summed E-state index contributed by atoms with van der Waals surface area (Å²) >= 11 is 5.69. The summed E-state index contributed by atoms with van der Waals surface area (Å²) in [4.78, 5) is 8.17. The first-order valence-corrected chi connectivity index (χ1v) is 6.32. The van der Waals surface area contributed by atoms with Crippen LogP contribution in [0.15, 0.2) is 23.3 Å². The van der Waals surface area contributed by atoms with Crippen molar-refractivity contribution in [3.05, 3.63) is 29.0 Å². The van der Waals surface area contributed by atoms with E-state index >= 15 is 0 Å². The van der Waals surface area contributed by atoms with Crippen LogP contribution in [0.4, 0.5) is 0 Å². The molecule has 0 aromatic carbocycles. The normalized spacial score (nSPS) is 11.6. The molecule has 1 aromatic heterocycles. The molecule has 3 N–H and O–H groups in total. The Morgan fingerprint density at radius 2 is 2.39 bits per heavy atom. The molecular weight excluding hydrogens is 252 g/mol. The lowest BCUT2D eigenvalue weighted by molar-refractivity contribution is 0.145. The van der Waals surface area contributed by atoms with Crippen LogP contribution in [0.2, 0.25) is 5.15 Å². The lowest BCUT2D eigenvalue weighted by atomic mass is 10.3. The zero-order valence-electron chi connectivity index (χ0n) is 10.5. The Balaban J connectivity index is 2.22. The van der Waals surface area contributed by atoms with Crippen molar-refractivity contribution in [2.45, 2.75) is 19.9 Å². The number of hydrogen-bond donors (Lipinski definition) is 2. The monoisotopic (exact) mass is 270 g/mol. The minimum atomic E-state index is 0.432. The average molecular weight is 271 g/mol. The first-order chi connectivity index (χ1) is 8.72. The largest absolute Gasteiger partial charge is 0.382 e. The molecule has 1 heterocycles. The molecule has 0 saturated heterocycles. The van der Waals surface area contributed by atoms with Gasteiger partial charge in [-0.2, -0.15) is 0 Å². The summed E-state index contributed by atoms with van der Waals surface area (Å²) in [6.45, 7) is 4.71. The van der Waals surface area contributed by atoms with Gasteiger partial charge in [-0.25, -0.2) is 9.98 Å². The molecule has 0 saturated carbocycles. The molecule has 0 atom stereocenters. The summed E-state index contributed by atoms with van der Waals surface area (Å²) in [7, 11) is 0. The van der Waals surface area contributed by atoms with Crippen LogP contribution in [0.25, 0.3) is 0 Å². The number of rotatable bonds is 7. The smallest absolute Gasteiger partial charge is 0.188 e. The first-order valence-electron chi connectivity index (χ1n) is 5.94. The standard InChI is InChI=1S/C12H19ClN4O/c1-2-18-7-3-6-15-12(14)17-9-10-4-5-11(13)16-8-10/h4-5,8H,2-3,6-7,9H2,1H3,(H3,14,15,17). The number of nitrogens with zero attached hydrogens (tertiary/aromatic N) is 2. The lowest BCUT2D eigenvalue weighted by Crippen LogP contribution is -2.32. The second-order valence-electron chi connectivity index (χ2n) is 3.67. The van der Waals surface area contributed by atoms with Crippen molar-refractivity contribution in [2.24, 2.45) is 10.7 Å². The molecule has 0 radical (unpaired) electrons. The van der Waals surface area contributed by atoms with Gasteiger partial charge in [-0.15, -0.1) is 0 Å². The van der Waals surface area contributed by atoms with E-state index in [2.05, 4.69) is 15.3 Å². The van der Waals surface area contributed by atoms with Gasteiger partial charge in [0.05, 0.1) is 6.54 Å². The molecule has 0 fully saturated rings. The molecule has 100 valence electrons. The SMILES string of the molecule is CCOCCCNC(N)=NCc1ccc(Cl)nc1. The van der Waals surface area contributed by atoms with Crippen LogP contribution >= 0.6 is 11.6 Å². The minimum Gasteiger partial charge on any atom is -0.382 e. The van der Waals surface area contributed by atoms with Crippen LogP contribution in [-0.4, -0.2) is 30.7 Å². The van der Waals surface area contributed by atoms with Crippen LogP contribution in [0.5, 0.6) is 0 Å². The zero-order chi connectivity index (χ0) is 13.2. The molecule has 0 spiro atoms. The van der Waals surface area contributed by atoms with E-state index in [-0.39, 0.29) is 0 Å². The fourth-order valence-electron chi connectivity index (χ4n) is 1.27. The van der Waals surface area contributed by atoms with Crippen molar-refractivity contribution in [1.82, 2.24) is 10.3 Å². The molecule has 0 aliphatic heterocycles. The summed E-state index contributed by atoms with van der Waals surface area (Å²) in [5.41, 5.74) is 6.69. The summed E-state index contributed by atoms with van der Waals surface area (Å²) in [6, 6.07) is 3.61. The molecular formula is C12H19ClN4O. The number of nitrogens with two attached hydrogens (primary N) is 1. The van der Waals surface area contributed by atoms with Gasteiger partial charge in [0.1, 0.15) is 5.15 Å². The van der Waals surface area contributed by atoms with Crippen molar-refractivity contribution in [2.75, 3.05) is 19.8 Å². The van der Waals surface area contributed by atoms with Gasteiger partial charge < -0.3 is 15.8 Å². The van der Waals surface area contributed by atoms with Gasteiger partial charge in [-0.3, -0.25) is 0 Å². The van der Waals surface area contributed by atoms with Crippen LogP contribution in [-0.2, 0) is 11.3 Å². The van der Waals surface area contributed by atoms with Gasteiger partial charge in [0.25, 0.3) is 0 Å². The highest BCUT2D eigenvalue weighted by atomic mass is 35.5. The fourth-order valence-corrected chi connectivity index (χ4v) is 1.38. The maximum Gasteiger partial charge on any atom is 0.188 e. The number of aliphatic imine (C=N–C) groups is 1. The molecule has 0 aliphatic rings. The highest BCUT2D eigenvalue weighted by molar-refractivity contribution is 6.29. The van der Waals surface area contributed by atoms with Crippen LogP contribution in [0.1, 0.15) is 18.9 Å². The molecule has 1 aromatic rings. The van der Waals surface area contributed by atoms with E-state index < -0.39 is 0 Å². The Bertz CT molecular complexity index is 367. The van der Waals surface area contributed by atoms with Gasteiger partial charge in [0, 0.05) is 26.0 Å². The number of aromatic nitrogens is 1. The van der Waals surface area contributed by atoms with E-state index in [1.54, 1.807) is 12.3 Å². The highest BCUT2D eigenvalue weighted by Crippen LogP contribution is 2.05. The van der Waals surface area contributed by atoms with Gasteiger partial charge in [-0.05, 0) is 25.0 Å². The molecule has 0 unspecified atom stereocenters. The maximum atomic E-state index is 5.72. The molecule has 1 rings (SSSR count).